The van der Waals surface area contributed by atoms with E-state index in [0.717, 1.165) is 16.7 Å². The average Bonchev–Trinajstić information content (AvgIpc) is 2.70. The monoisotopic (exact) mass is 203 g/mol. The number of aromatic amines is 1. The number of ether oxygens (including phenoxy) is 1. The van der Waals surface area contributed by atoms with Crippen molar-refractivity contribution < 1.29 is 9.53 Å². The predicted molar refractivity (Wildman–Crippen MR) is 59.5 cm³/mol. The fourth-order valence-corrected chi connectivity index (χ4v) is 1.57. The second-order valence-corrected chi connectivity index (χ2v) is 3.41. The van der Waals surface area contributed by atoms with Crippen molar-refractivity contribution in [1.29, 1.82) is 0 Å². The maximum atomic E-state index is 11.5. The normalized spacial score (nSPS) is 10.5. The first-order valence-electron chi connectivity index (χ1n) is 4.94. The van der Waals surface area contributed by atoms with Gasteiger partial charge in [0.05, 0.1) is 12.8 Å². The van der Waals surface area contributed by atoms with Gasteiger partial charge in [-0.15, -0.1) is 0 Å². The van der Waals surface area contributed by atoms with Crippen LogP contribution in [0.1, 0.15) is 23.8 Å². The number of rotatable bonds is 3. The number of ketones is 1. The summed E-state index contributed by atoms with van der Waals surface area (Å²) in [5, 5.41) is 1.03. The second-order valence-electron chi connectivity index (χ2n) is 3.41. The van der Waals surface area contributed by atoms with Gasteiger partial charge in [-0.3, -0.25) is 4.79 Å². The van der Waals surface area contributed by atoms with Crippen molar-refractivity contribution in [1.82, 2.24) is 4.98 Å². The Morgan fingerprint density at radius 2 is 2.20 bits per heavy atom. The number of carbonyl (C=O) groups is 1. The van der Waals surface area contributed by atoms with Crippen LogP contribution in [0.25, 0.3) is 10.9 Å². The molecule has 0 aliphatic heterocycles. The molecule has 1 heterocycles. The van der Waals surface area contributed by atoms with Gasteiger partial charge in [0.2, 0.25) is 0 Å². The number of fused-ring (bicyclic) bond motifs is 1. The number of Topliss-reactive ketones (excluding diaryl/α,β-unsaturated/α-hetero) is 1. The van der Waals surface area contributed by atoms with Crippen LogP contribution >= 0.6 is 0 Å². The molecular formula is C12H13NO2. The second kappa shape index (κ2) is 3.77. The lowest BCUT2D eigenvalue weighted by atomic mass is 10.2. The van der Waals surface area contributed by atoms with E-state index in [-0.39, 0.29) is 5.78 Å². The molecule has 0 unspecified atom stereocenters. The highest BCUT2D eigenvalue weighted by Gasteiger charge is 2.07. The molecule has 0 amide bonds. The van der Waals surface area contributed by atoms with Gasteiger partial charge in [-0.05, 0) is 18.2 Å². The third-order valence-corrected chi connectivity index (χ3v) is 2.45. The standard InChI is InChI=1S/C12H13NO2/c1-3-12(14)11-6-8-4-5-9(15-2)7-10(8)13-11/h4-7,13H,3H2,1-2H3. The van der Waals surface area contributed by atoms with Crippen LogP contribution in [-0.4, -0.2) is 17.9 Å². The maximum absolute atomic E-state index is 11.5. The van der Waals surface area contributed by atoms with Gasteiger partial charge in [-0.25, -0.2) is 0 Å². The van der Waals surface area contributed by atoms with Crippen molar-refractivity contribution in [2.24, 2.45) is 0 Å². The van der Waals surface area contributed by atoms with Crippen LogP contribution in [0.2, 0.25) is 0 Å². The van der Waals surface area contributed by atoms with E-state index in [4.69, 9.17) is 4.74 Å². The Balaban J connectivity index is 2.51. The van der Waals surface area contributed by atoms with Gasteiger partial charge in [0.1, 0.15) is 5.75 Å². The van der Waals surface area contributed by atoms with Crippen molar-refractivity contribution in [2.75, 3.05) is 7.11 Å². The number of hydrogen-bond donors (Lipinski definition) is 1. The van der Waals surface area contributed by atoms with Gasteiger partial charge in [-0.1, -0.05) is 6.92 Å². The van der Waals surface area contributed by atoms with E-state index in [1.165, 1.54) is 0 Å². The SMILES string of the molecule is CCC(=O)c1cc2ccc(OC)cc2[nH]1. The number of hydrogen-bond acceptors (Lipinski definition) is 2. The molecule has 15 heavy (non-hydrogen) atoms. The topological polar surface area (TPSA) is 42.1 Å². The van der Waals surface area contributed by atoms with E-state index < -0.39 is 0 Å². The highest BCUT2D eigenvalue weighted by molar-refractivity contribution is 5.99. The number of H-pyrrole nitrogens is 1. The summed E-state index contributed by atoms with van der Waals surface area (Å²) in [6.07, 6.45) is 0.518. The summed E-state index contributed by atoms with van der Waals surface area (Å²) in [7, 11) is 1.63. The Morgan fingerprint density at radius 3 is 2.87 bits per heavy atom. The molecule has 1 N–H and O–H groups in total. The summed E-state index contributed by atoms with van der Waals surface area (Å²) < 4.78 is 5.11. The lowest BCUT2D eigenvalue weighted by Crippen LogP contribution is -1.95. The van der Waals surface area contributed by atoms with Gasteiger partial charge in [-0.2, -0.15) is 0 Å². The largest absolute Gasteiger partial charge is 0.497 e. The summed E-state index contributed by atoms with van der Waals surface area (Å²) in [6, 6.07) is 7.59. The van der Waals surface area contributed by atoms with Crippen LogP contribution in [0.4, 0.5) is 0 Å². The number of nitrogens with one attached hydrogen (secondary N) is 1. The zero-order valence-corrected chi connectivity index (χ0v) is 8.83. The molecule has 0 saturated heterocycles. The maximum Gasteiger partial charge on any atom is 0.178 e. The zero-order valence-electron chi connectivity index (χ0n) is 8.83. The highest BCUT2D eigenvalue weighted by atomic mass is 16.5. The van der Waals surface area contributed by atoms with Crippen LogP contribution in [0.3, 0.4) is 0 Å². The number of carbonyl (C=O) groups excluding carboxylic acids is 1. The molecule has 0 spiro atoms. The van der Waals surface area contributed by atoms with Gasteiger partial charge in [0, 0.05) is 23.4 Å². The molecule has 0 aliphatic rings. The zero-order chi connectivity index (χ0) is 10.8. The first-order valence-corrected chi connectivity index (χ1v) is 4.94. The van der Waals surface area contributed by atoms with E-state index in [1.807, 2.05) is 31.2 Å². The molecule has 0 radical (unpaired) electrons. The molecule has 0 fully saturated rings. The molecule has 3 nitrogen and oxygen atoms in total. The van der Waals surface area contributed by atoms with Crippen LogP contribution < -0.4 is 4.74 Å². The molecule has 0 saturated carbocycles. The van der Waals surface area contributed by atoms with E-state index >= 15 is 0 Å². The van der Waals surface area contributed by atoms with E-state index in [1.54, 1.807) is 7.11 Å². The fraction of sp³-hybridized carbons (Fsp3) is 0.250. The predicted octanol–water partition coefficient (Wildman–Crippen LogP) is 2.77. The van der Waals surface area contributed by atoms with Gasteiger partial charge in [0.25, 0.3) is 0 Å². The first kappa shape index (κ1) is 9.77. The van der Waals surface area contributed by atoms with Crippen LogP contribution in [-0.2, 0) is 0 Å². The van der Waals surface area contributed by atoms with E-state index in [2.05, 4.69) is 4.98 Å². The van der Waals surface area contributed by atoms with Crippen LogP contribution in [0, 0.1) is 0 Å². The summed E-state index contributed by atoms with van der Waals surface area (Å²) in [5.41, 5.74) is 1.60. The first-order chi connectivity index (χ1) is 7.24. The van der Waals surface area contributed by atoms with Crippen molar-refractivity contribution in [2.45, 2.75) is 13.3 Å². The van der Waals surface area contributed by atoms with Crippen molar-refractivity contribution in [3.63, 3.8) is 0 Å². The smallest absolute Gasteiger partial charge is 0.178 e. The lowest BCUT2D eigenvalue weighted by molar-refractivity contribution is 0.0984. The molecular weight excluding hydrogens is 190 g/mol. The summed E-state index contributed by atoms with van der Waals surface area (Å²) in [5.74, 6) is 0.921. The summed E-state index contributed by atoms with van der Waals surface area (Å²) in [6.45, 7) is 1.86. The average molecular weight is 203 g/mol. The Morgan fingerprint density at radius 1 is 1.40 bits per heavy atom. The summed E-state index contributed by atoms with van der Waals surface area (Å²) >= 11 is 0. The fourth-order valence-electron chi connectivity index (χ4n) is 1.57. The van der Waals surface area contributed by atoms with Crippen LogP contribution in [0.15, 0.2) is 24.3 Å². The van der Waals surface area contributed by atoms with Gasteiger partial charge in [0.15, 0.2) is 5.78 Å². The Labute approximate surface area is 88.1 Å². The minimum atomic E-state index is 0.130. The molecule has 3 heteroatoms. The summed E-state index contributed by atoms with van der Waals surface area (Å²) in [4.78, 5) is 14.6. The molecule has 2 aromatic rings. The highest BCUT2D eigenvalue weighted by Crippen LogP contribution is 2.21. The number of benzene rings is 1. The molecule has 0 bridgehead atoms. The van der Waals surface area contributed by atoms with E-state index in [0.29, 0.717) is 12.1 Å². The molecule has 1 aromatic heterocycles. The van der Waals surface area contributed by atoms with Gasteiger partial charge < -0.3 is 9.72 Å². The minimum Gasteiger partial charge on any atom is -0.497 e. The quantitative estimate of drug-likeness (QED) is 0.779. The molecule has 78 valence electrons. The number of methoxy groups -OCH3 is 1. The van der Waals surface area contributed by atoms with Crippen molar-refractivity contribution in [3.05, 3.63) is 30.0 Å². The van der Waals surface area contributed by atoms with Crippen molar-refractivity contribution >= 4 is 16.7 Å². The molecule has 0 aliphatic carbocycles. The Bertz CT molecular complexity index is 499. The molecule has 2 rings (SSSR count). The molecule has 0 atom stereocenters. The molecule has 1 aromatic carbocycles. The lowest BCUT2D eigenvalue weighted by Gasteiger charge is -1.97. The van der Waals surface area contributed by atoms with Crippen molar-refractivity contribution in [3.8, 4) is 5.75 Å². The Hall–Kier alpha value is -1.77. The third-order valence-electron chi connectivity index (χ3n) is 2.45. The van der Waals surface area contributed by atoms with E-state index in [9.17, 15) is 4.79 Å². The van der Waals surface area contributed by atoms with Crippen LogP contribution in [0.5, 0.6) is 5.75 Å². The third kappa shape index (κ3) is 1.73. The Kier molecular flexibility index (Phi) is 2.46. The van der Waals surface area contributed by atoms with Gasteiger partial charge >= 0.3 is 0 Å². The number of aromatic nitrogens is 1. The minimum absolute atomic E-state index is 0.130.